The molecular formula is C29H31FN4O5. The first-order valence-corrected chi connectivity index (χ1v) is 12.5. The van der Waals surface area contributed by atoms with Crippen LogP contribution in [0.2, 0.25) is 0 Å². The molecule has 0 unspecified atom stereocenters. The van der Waals surface area contributed by atoms with Crippen molar-refractivity contribution < 1.29 is 28.2 Å². The maximum atomic E-state index is 14.7. The second-order valence-corrected chi connectivity index (χ2v) is 8.88. The number of hydrogen-bond donors (Lipinski definition) is 3. The average molecular weight is 535 g/mol. The Hall–Kier alpha value is -4.44. The van der Waals surface area contributed by atoms with Gasteiger partial charge in [0.25, 0.3) is 11.8 Å². The molecule has 2 aromatic carbocycles. The Morgan fingerprint density at radius 2 is 1.87 bits per heavy atom. The van der Waals surface area contributed by atoms with E-state index in [-0.39, 0.29) is 17.0 Å². The van der Waals surface area contributed by atoms with Crippen molar-refractivity contribution in [2.75, 3.05) is 45.8 Å². The molecule has 2 aliphatic heterocycles. The number of hydrogen-bond acceptors (Lipinski definition) is 7. The van der Waals surface area contributed by atoms with Crippen molar-refractivity contribution in [2.24, 2.45) is 0 Å². The Balaban J connectivity index is 1.45. The van der Waals surface area contributed by atoms with Gasteiger partial charge in [0.05, 0.1) is 33.0 Å². The molecule has 4 rings (SSSR count). The van der Waals surface area contributed by atoms with Crippen molar-refractivity contribution in [3.8, 4) is 11.5 Å². The summed E-state index contributed by atoms with van der Waals surface area (Å²) in [5, 5.41) is 14.2. The van der Waals surface area contributed by atoms with Crippen molar-refractivity contribution in [3.05, 3.63) is 83.3 Å². The van der Waals surface area contributed by atoms with Crippen molar-refractivity contribution >= 4 is 28.9 Å². The van der Waals surface area contributed by atoms with E-state index in [1.165, 1.54) is 23.1 Å². The van der Waals surface area contributed by atoms with E-state index in [9.17, 15) is 14.0 Å². The van der Waals surface area contributed by atoms with Crippen LogP contribution in [-0.2, 0) is 9.53 Å². The maximum absolute atomic E-state index is 14.7. The lowest BCUT2D eigenvalue weighted by atomic mass is 10.1. The molecule has 0 saturated carbocycles. The van der Waals surface area contributed by atoms with E-state index in [0.717, 1.165) is 17.3 Å². The monoisotopic (exact) mass is 534 g/mol. The van der Waals surface area contributed by atoms with E-state index in [4.69, 9.17) is 19.6 Å². The Morgan fingerprint density at radius 1 is 1.10 bits per heavy atom. The van der Waals surface area contributed by atoms with E-state index in [1.54, 1.807) is 20.3 Å². The van der Waals surface area contributed by atoms with Gasteiger partial charge < -0.3 is 29.7 Å². The minimum Gasteiger partial charge on any atom is -0.493 e. The molecule has 0 spiro atoms. The second kappa shape index (κ2) is 12.9. The summed E-state index contributed by atoms with van der Waals surface area (Å²) in [5.41, 5.74) is 2.03. The molecule has 0 bridgehead atoms. The number of benzene rings is 2. The number of allylic oxidation sites excluding steroid dienone is 4. The van der Waals surface area contributed by atoms with Crippen LogP contribution >= 0.6 is 0 Å². The van der Waals surface area contributed by atoms with Gasteiger partial charge in [-0.1, -0.05) is 12.2 Å². The lowest BCUT2D eigenvalue weighted by molar-refractivity contribution is -0.110. The minimum atomic E-state index is -0.743. The molecule has 3 N–H and O–H groups in total. The molecule has 204 valence electrons. The third-order valence-electron chi connectivity index (χ3n) is 6.29. The van der Waals surface area contributed by atoms with E-state index in [2.05, 4.69) is 10.6 Å². The number of rotatable bonds is 7. The molecule has 1 fully saturated rings. The molecular weight excluding hydrogens is 503 g/mol. The van der Waals surface area contributed by atoms with E-state index in [1.807, 2.05) is 30.4 Å². The molecule has 0 radical (unpaired) electrons. The van der Waals surface area contributed by atoms with Gasteiger partial charge in [-0.3, -0.25) is 15.0 Å². The highest BCUT2D eigenvalue weighted by Crippen LogP contribution is 2.30. The zero-order chi connectivity index (χ0) is 27.8. The molecule has 9 nitrogen and oxygen atoms in total. The highest BCUT2D eigenvalue weighted by Gasteiger charge is 2.22. The Labute approximate surface area is 226 Å². The number of amides is 2. The van der Waals surface area contributed by atoms with Crippen LogP contribution in [0.3, 0.4) is 0 Å². The zero-order valence-electron chi connectivity index (χ0n) is 21.9. The number of nitrogens with zero attached hydrogens (tertiary/aromatic N) is 1. The fourth-order valence-electron chi connectivity index (χ4n) is 4.20. The van der Waals surface area contributed by atoms with Crippen LogP contribution < -0.4 is 20.1 Å². The number of methoxy groups -OCH3 is 2. The predicted molar refractivity (Wildman–Crippen MR) is 147 cm³/mol. The predicted octanol–water partition coefficient (Wildman–Crippen LogP) is 4.14. The smallest absolute Gasteiger partial charge is 0.273 e. The lowest BCUT2D eigenvalue weighted by Crippen LogP contribution is -2.41. The summed E-state index contributed by atoms with van der Waals surface area (Å²) in [6, 6.07) is 9.40. The molecule has 39 heavy (non-hydrogen) atoms. The molecule has 10 heteroatoms. The van der Waals surface area contributed by atoms with Gasteiger partial charge in [0.15, 0.2) is 11.5 Å². The van der Waals surface area contributed by atoms with Crippen molar-refractivity contribution in [1.82, 2.24) is 10.2 Å². The van der Waals surface area contributed by atoms with Gasteiger partial charge in [0.2, 0.25) is 0 Å². The fourth-order valence-corrected chi connectivity index (χ4v) is 4.20. The van der Waals surface area contributed by atoms with Crippen LogP contribution in [-0.4, -0.2) is 62.9 Å². The van der Waals surface area contributed by atoms with Crippen LogP contribution in [0.4, 0.5) is 10.1 Å². The number of ether oxygens (including phenoxy) is 3. The third kappa shape index (κ3) is 6.91. The SMILES string of the molecule is COc1ccc(/C2=C/C=C\CC/C(=C/C(=N)C(=O)Nc3ccc(C(=O)N4CCOCC4)c(F)c3)N2)cc1OC. The molecule has 0 aromatic heterocycles. The maximum Gasteiger partial charge on any atom is 0.273 e. The van der Waals surface area contributed by atoms with Crippen LogP contribution in [0.1, 0.15) is 28.8 Å². The molecule has 1 saturated heterocycles. The van der Waals surface area contributed by atoms with E-state index in [0.29, 0.717) is 56.3 Å². The highest BCUT2D eigenvalue weighted by atomic mass is 19.1. The number of anilines is 1. The van der Waals surface area contributed by atoms with E-state index >= 15 is 0 Å². The van der Waals surface area contributed by atoms with Gasteiger partial charge >= 0.3 is 0 Å². The molecule has 0 atom stereocenters. The summed E-state index contributed by atoms with van der Waals surface area (Å²) >= 11 is 0. The summed E-state index contributed by atoms with van der Waals surface area (Å²) < 4.78 is 30.7. The normalized spacial score (nSPS) is 18.6. The zero-order valence-corrected chi connectivity index (χ0v) is 21.9. The standard InChI is InChI=1S/C29H31FN4O5/c1-37-26-11-8-19(16-27(26)38-2)25-7-5-3-4-6-20(32-25)18-24(31)28(35)33-21-9-10-22(23(30)17-21)29(36)34-12-14-39-15-13-34/h3,5,7-11,16-18,31-32H,4,6,12-15H2,1-2H3,(H,33,35)/b5-3-,20-18-,25-7-,31-24?. The van der Waals surface area contributed by atoms with Gasteiger partial charge in [-0.05, 0) is 61.4 Å². The summed E-state index contributed by atoms with van der Waals surface area (Å²) in [4.78, 5) is 26.9. The fraction of sp³-hybridized carbons (Fsp3) is 0.276. The van der Waals surface area contributed by atoms with Gasteiger partial charge in [0, 0.05) is 35.7 Å². The molecule has 2 aliphatic rings. The number of nitrogens with one attached hydrogen (secondary N) is 3. The summed E-state index contributed by atoms with van der Waals surface area (Å²) in [5.74, 6) is -0.690. The summed E-state index contributed by atoms with van der Waals surface area (Å²) in [7, 11) is 3.13. The third-order valence-corrected chi connectivity index (χ3v) is 6.29. The summed E-state index contributed by atoms with van der Waals surface area (Å²) in [6.07, 6.45) is 8.59. The average Bonchev–Trinajstić information content (AvgIpc) is 2.94. The quantitative estimate of drug-likeness (QED) is 0.461. The van der Waals surface area contributed by atoms with Gasteiger partial charge in [-0.15, -0.1) is 0 Å². The number of morpholine rings is 1. The first kappa shape index (κ1) is 27.6. The molecule has 2 amide bonds. The van der Waals surface area contributed by atoms with E-state index < -0.39 is 17.6 Å². The van der Waals surface area contributed by atoms with Crippen LogP contribution in [0, 0.1) is 11.2 Å². The van der Waals surface area contributed by atoms with Gasteiger partial charge in [0.1, 0.15) is 11.5 Å². The second-order valence-electron chi connectivity index (χ2n) is 8.88. The number of carbonyl (C=O) groups excluding carboxylic acids is 2. The topological polar surface area (TPSA) is 113 Å². The largest absolute Gasteiger partial charge is 0.493 e. The van der Waals surface area contributed by atoms with Crippen molar-refractivity contribution in [3.63, 3.8) is 0 Å². The van der Waals surface area contributed by atoms with Crippen LogP contribution in [0.25, 0.3) is 5.70 Å². The van der Waals surface area contributed by atoms with Gasteiger partial charge in [-0.25, -0.2) is 4.39 Å². The molecule has 0 aliphatic carbocycles. The van der Waals surface area contributed by atoms with Crippen LogP contribution in [0.15, 0.2) is 66.4 Å². The lowest BCUT2D eigenvalue weighted by Gasteiger charge is -2.27. The van der Waals surface area contributed by atoms with Gasteiger partial charge in [-0.2, -0.15) is 0 Å². The number of halogens is 1. The number of carbonyl (C=O) groups is 2. The Kier molecular flexibility index (Phi) is 9.11. The first-order chi connectivity index (χ1) is 18.9. The molecule has 2 aromatic rings. The minimum absolute atomic E-state index is 0.0756. The highest BCUT2D eigenvalue weighted by molar-refractivity contribution is 6.46. The Bertz CT molecular complexity index is 1350. The summed E-state index contributed by atoms with van der Waals surface area (Å²) in [6.45, 7) is 1.62. The first-order valence-electron chi connectivity index (χ1n) is 12.5. The van der Waals surface area contributed by atoms with Crippen molar-refractivity contribution in [1.29, 1.82) is 5.41 Å². The molecule has 2 heterocycles. The van der Waals surface area contributed by atoms with Crippen LogP contribution in [0.5, 0.6) is 11.5 Å². The van der Waals surface area contributed by atoms with Crippen molar-refractivity contribution in [2.45, 2.75) is 12.8 Å². The Morgan fingerprint density at radius 3 is 2.59 bits per heavy atom.